The van der Waals surface area contributed by atoms with Gasteiger partial charge in [0.15, 0.2) is 11.6 Å². The van der Waals surface area contributed by atoms with Crippen LogP contribution in [0.4, 0.5) is 0 Å². The maximum absolute atomic E-state index is 11.2. The fraction of sp³-hybridized carbons (Fsp3) is 0.700. The number of hydrogen-bond acceptors (Lipinski definition) is 3. The van der Waals surface area contributed by atoms with Crippen molar-refractivity contribution in [3.05, 3.63) is 12.2 Å². The average molecular weight is 184 g/mol. The molecule has 1 aliphatic rings. The largest absolute Gasteiger partial charge is 0.349 e. The fourth-order valence-corrected chi connectivity index (χ4v) is 1.78. The summed E-state index contributed by atoms with van der Waals surface area (Å²) in [5, 5.41) is 0. The summed E-state index contributed by atoms with van der Waals surface area (Å²) in [6.07, 6.45) is 4.64. The zero-order chi connectivity index (χ0) is 9.90. The van der Waals surface area contributed by atoms with Crippen molar-refractivity contribution >= 4 is 5.78 Å². The van der Waals surface area contributed by atoms with Crippen LogP contribution < -0.4 is 0 Å². The number of hydrogen-bond donors (Lipinski definition) is 0. The number of allylic oxidation sites excluding steroid dienone is 1. The van der Waals surface area contributed by atoms with Gasteiger partial charge in [-0.05, 0) is 18.6 Å². The van der Waals surface area contributed by atoms with Gasteiger partial charge in [0.25, 0.3) is 0 Å². The number of methoxy groups -OCH3 is 2. The Bertz CT molecular complexity index is 216. The third-order valence-corrected chi connectivity index (χ3v) is 2.65. The van der Waals surface area contributed by atoms with Crippen LogP contribution in [0.15, 0.2) is 12.2 Å². The van der Waals surface area contributed by atoms with Gasteiger partial charge >= 0.3 is 0 Å². The van der Waals surface area contributed by atoms with E-state index in [1.165, 1.54) is 0 Å². The highest BCUT2D eigenvalue weighted by Gasteiger charge is 2.39. The first-order chi connectivity index (χ1) is 6.18. The second-order valence-corrected chi connectivity index (χ2v) is 3.24. The van der Waals surface area contributed by atoms with Gasteiger partial charge in [-0.3, -0.25) is 4.79 Å². The molecule has 1 aliphatic carbocycles. The minimum absolute atomic E-state index is 0.125. The second-order valence-electron chi connectivity index (χ2n) is 3.24. The summed E-state index contributed by atoms with van der Waals surface area (Å²) in [7, 11) is 3.21. The molecule has 0 heterocycles. The van der Waals surface area contributed by atoms with Crippen molar-refractivity contribution in [3.63, 3.8) is 0 Å². The Kier molecular flexibility index (Phi) is 3.22. The summed E-state index contributed by atoms with van der Waals surface area (Å²) in [5.74, 6) is -0.417. The van der Waals surface area contributed by atoms with Crippen LogP contribution in [-0.4, -0.2) is 25.8 Å². The van der Waals surface area contributed by atoms with Crippen LogP contribution in [0.2, 0.25) is 0 Å². The van der Waals surface area contributed by atoms with E-state index >= 15 is 0 Å². The van der Waals surface area contributed by atoms with E-state index in [1.807, 2.05) is 6.92 Å². The number of ether oxygens (including phenoxy) is 2. The topological polar surface area (TPSA) is 35.5 Å². The minimum Gasteiger partial charge on any atom is -0.349 e. The quantitative estimate of drug-likeness (QED) is 0.624. The predicted octanol–water partition coefficient (Wildman–Crippen LogP) is 1.53. The van der Waals surface area contributed by atoms with Crippen LogP contribution in [0.25, 0.3) is 0 Å². The van der Waals surface area contributed by atoms with Crippen LogP contribution in [0.1, 0.15) is 19.8 Å². The third kappa shape index (κ3) is 1.81. The molecule has 0 aliphatic heterocycles. The summed E-state index contributed by atoms with van der Waals surface area (Å²) in [6, 6.07) is 0. The van der Waals surface area contributed by atoms with Gasteiger partial charge in [-0.25, -0.2) is 0 Å². The van der Waals surface area contributed by atoms with Gasteiger partial charge in [0.2, 0.25) is 0 Å². The maximum Gasteiger partial charge on any atom is 0.190 e. The van der Waals surface area contributed by atoms with E-state index in [1.54, 1.807) is 26.4 Å². The molecule has 1 rings (SSSR count). The molecule has 0 spiro atoms. The highest BCUT2D eigenvalue weighted by molar-refractivity contribution is 5.91. The van der Waals surface area contributed by atoms with E-state index in [0.717, 1.165) is 6.42 Å². The third-order valence-electron chi connectivity index (χ3n) is 2.65. The molecular weight excluding hydrogens is 168 g/mol. The number of carbonyl (C=O) groups excluding carboxylic acids is 1. The van der Waals surface area contributed by atoms with Gasteiger partial charge in [0.1, 0.15) is 0 Å². The monoisotopic (exact) mass is 184 g/mol. The summed E-state index contributed by atoms with van der Waals surface area (Å²) >= 11 is 0. The van der Waals surface area contributed by atoms with Crippen LogP contribution >= 0.6 is 0 Å². The van der Waals surface area contributed by atoms with Crippen LogP contribution in [0, 0.1) is 5.92 Å². The first-order valence-electron chi connectivity index (χ1n) is 4.51. The Morgan fingerprint density at radius 3 is 2.62 bits per heavy atom. The molecule has 1 atom stereocenters. The molecule has 0 radical (unpaired) electrons. The Balaban J connectivity index is 2.91. The van der Waals surface area contributed by atoms with E-state index in [4.69, 9.17) is 9.47 Å². The lowest BCUT2D eigenvalue weighted by molar-refractivity contribution is -0.208. The Morgan fingerprint density at radius 2 is 2.15 bits per heavy atom. The smallest absolute Gasteiger partial charge is 0.190 e. The highest BCUT2D eigenvalue weighted by atomic mass is 16.7. The molecule has 0 saturated heterocycles. The lowest BCUT2D eigenvalue weighted by Gasteiger charge is -2.37. The first-order valence-corrected chi connectivity index (χ1v) is 4.51. The van der Waals surface area contributed by atoms with Gasteiger partial charge in [-0.2, -0.15) is 0 Å². The molecule has 0 fully saturated rings. The Labute approximate surface area is 78.7 Å². The van der Waals surface area contributed by atoms with Crippen molar-refractivity contribution in [2.24, 2.45) is 5.92 Å². The maximum atomic E-state index is 11.2. The summed E-state index contributed by atoms with van der Waals surface area (Å²) in [4.78, 5) is 11.2. The van der Waals surface area contributed by atoms with Crippen molar-refractivity contribution in [1.82, 2.24) is 0 Å². The molecule has 0 aromatic rings. The van der Waals surface area contributed by atoms with E-state index in [-0.39, 0.29) is 11.7 Å². The molecule has 74 valence electrons. The summed E-state index contributed by atoms with van der Waals surface area (Å²) < 4.78 is 10.6. The van der Waals surface area contributed by atoms with Crippen molar-refractivity contribution in [3.8, 4) is 0 Å². The molecular formula is C10H16O3. The van der Waals surface area contributed by atoms with Gasteiger partial charge in [0.05, 0.1) is 0 Å². The predicted molar refractivity (Wildman–Crippen MR) is 49.3 cm³/mol. The summed E-state index contributed by atoms with van der Waals surface area (Å²) in [5.41, 5.74) is 0. The van der Waals surface area contributed by atoms with Gasteiger partial charge in [0, 0.05) is 26.6 Å². The minimum atomic E-state index is -0.692. The van der Waals surface area contributed by atoms with E-state index in [2.05, 4.69) is 0 Å². The molecule has 3 heteroatoms. The molecule has 0 aromatic carbocycles. The highest BCUT2D eigenvalue weighted by Crippen LogP contribution is 2.33. The molecule has 0 amide bonds. The second kappa shape index (κ2) is 4.03. The van der Waals surface area contributed by atoms with E-state index < -0.39 is 5.79 Å². The SMILES string of the molecule is CCC1CC(=O)C=CC1(OC)OC. The van der Waals surface area contributed by atoms with Crippen LogP contribution in [0.5, 0.6) is 0 Å². The Morgan fingerprint density at radius 1 is 1.54 bits per heavy atom. The molecule has 0 N–H and O–H groups in total. The molecule has 13 heavy (non-hydrogen) atoms. The van der Waals surface area contributed by atoms with E-state index in [0.29, 0.717) is 6.42 Å². The van der Waals surface area contributed by atoms with E-state index in [9.17, 15) is 4.79 Å². The number of carbonyl (C=O) groups is 1. The van der Waals surface area contributed by atoms with Crippen molar-refractivity contribution in [2.75, 3.05) is 14.2 Å². The lowest BCUT2D eigenvalue weighted by atomic mass is 9.85. The standard InChI is InChI=1S/C10H16O3/c1-4-8-7-9(11)5-6-10(8,12-2)13-3/h5-6,8H,4,7H2,1-3H3. The van der Waals surface area contributed by atoms with Gasteiger partial charge in [-0.15, -0.1) is 0 Å². The van der Waals surface area contributed by atoms with Crippen molar-refractivity contribution < 1.29 is 14.3 Å². The zero-order valence-corrected chi connectivity index (χ0v) is 8.37. The van der Waals surface area contributed by atoms with Gasteiger partial charge in [-0.1, -0.05) is 6.92 Å². The lowest BCUT2D eigenvalue weighted by Crippen LogP contribution is -2.43. The van der Waals surface area contributed by atoms with Gasteiger partial charge < -0.3 is 9.47 Å². The first kappa shape index (κ1) is 10.4. The summed E-state index contributed by atoms with van der Waals surface area (Å²) in [6.45, 7) is 2.03. The van der Waals surface area contributed by atoms with Crippen molar-refractivity contribution in [2.45, 2.75) is 25.6 Å². The average Bonchev–Trinajstić information content (AvgIpc) is 2.18. The van der Waals surface area contributed by atoms with Crippen LogP contribution in [0.3, 0.4) is 0 Å². The fourth-order valence-electron chi connectivity index (χ4n) is 1.78. The molecule has 3 nitrogen and oxygen atoms in total. The van der Waals surface area contributed by atoms with Crippen LogP contribution in [-0.2, 0) is 14.3 Å². The number of ketones is 1. The molecule has 0 bridgehead atoms. The Hall–Kier alpha value is -0.670. The molecule has 0 aromatic heterocycles. The molecule has 0 saturated carbocycles. The van der Waals surface area contributed by atoms with Crippen molar-refractivity contribution in [1.29, 1.82) is 0 Å². The normalized spacial score (nSPS) is 26.4. The zero-order valence-electron chi connectivity index (χ0n) is 8.37. The number of rotatable bonds is 3. The molecule has 1 unspecified atom stereocenters.